The van der Waals surface area contributed by atoms with Gasteiger partial charge in [0.05, 0.1) is 11.5 Å². The van der Waals surface area contributed by atoms with Crippen LogP contribution in [0.1, 0.15) is 18.7 Å². The Labute approximate surface area is 116 Å². The first-order valence-electron chi connectivity index (χ1n) is 5.77. The van der Waals surface area contributed by atoms with Gasteiger partial charge in [-0.3, -0.25) is 0 Å². The first-order valence-corrected chi connectivity index (χ1v) is 9.03. The van der Waals surface area contributed by atoms with E-state index in [9.17, 15) is 8.42 Å². The second-order valence-corrected chi connectivity index (χ2v) is 9.30. The van der Waals surface area contributed by atoms with Crippen molar-refractivity contribution in [1.29, 1.82) is 0 Å². The average Bonchev–Trinajstić information content (AvgIpc) is 2.76. The van der Waals surface area contributed by atoms with Gasteiger partial charge in [0.1, 0.15) is 0 Å². The van der Waals surface area contributed by atoms with Gasteiger partial charge >= 0.3 is 0 Å². The molecule has 18 heavy (non-hydrogen) atoms. The molecule has 0 radical (unpaired) electrons. The molecule has 0 amide bonds. The number of aliphatic hydroxyl groups excluding tert-OH is 1. The molecule has 1 aliphatic heterocycles. The summed E-state index contributed by atoms with van der Waals surface area (Å²) in [6.07, 6.45) is 0. The molecule has 1 saturated heterocycles. The lowest BCUT2D eigenvalue weighted by Crippen LogP contribution is -2.43. The molecule has 2 rings (SSSR count). The molecule has 2 heterocycles. The number of hydrogen-bond acceptors (Lipinski definition) is 5. The Morgan fingerprint density at radius 1 is 1.39 bits per heavy atom. The summed E-state index contributed by atoms with van der Waals surface area (Å²) in [6, 6.07) is 1.57. The van der Waals surface area contributed by atoms with Crippen LogP contribution in [0.25, 0.3) is 0 Å². The molecule has 1 aromatic rings. The molecule has 4 nitrogen and oxygen atoms in total. The number of thiophene rings is 1. The second kappa shape index (κ2) is 5.50. The van der Waals surface area contributed by atoms with Crippen LogP contribution in [-0.2, 0) is 16.6 Å². The molecule has 1 fully saturated rings. The topological polar surface area (TPSA) is 57.6 Å². The molecule has 2 atom stereocenters. The average molecular weight is 307 g/mol. The zero-order valence-electron chi connectivity index (χ0n) is 10.4. The van der Waals surface area contributed by atoms with Crippen LogP contribution in [0.3, 0.4) is 0 Å². The normalized spacial score (nSPS) is 26.4. The van der Waals surface area contributed by atoms with Crippen LogP contribution in [0.2, 0.25) is 0 Å². The van der Waals surface area contributed by atoms with E-state index in [0.717, 1.165) is 0 Å². The molecule has 1 aliphatic rings. The number of thioether (sulfide) groups is 1. The Morgan fingerprint density at radius 2 is 2.00 bits per heavy atom. The Morgan fingerprint density at radius 3 is 2.50 bits per heavy atom. The quantitative estimate of drug-likeness (QED) is 0.924. The first-order chi connectivity index (χ1) is 8.43. The molecular formula is C11H17NO3S3. The van der Waals surface area contributed by atoms with Gasteiger partial charge in [-0.1, -0.05) is 13.8 Å². The molecule has 1 aromatic heterocycles. The lowest BCUT2D eigenvalue weighted by atomic mass is 10.4. The van der Waals surface area contributed by atoms with Crippen molar-refractivity contribution < 1.29 is 13.5 Å². The van der Waals surface area contributed by atoms with E-state index >= 15 is 0 Å². The Kier molecular flexibility index (Phi) is 4.38. The fourth-order valence-corrected chi connectivity index (χ4v) is 6.31. The van der Waals surface area contributed by atoms with Crippen LogP contribution in [0, 0.1) is 0 Å². The van der Waals surface area contributed by atoms with Gasteiger partial charge in [-0.25, -0.2) is 8.42 Å². The van der Waals surface area contributed by atoms with Crippen LogP contribution < -0.4 is 0 Å². The third kappa shape index (κ3) is 2.91. The summed E-state index contributed by atoms with van der Waals surface area (Å²) in [4.78, 5) is 0.990. The number of nitrogens with zero attached hydrogens (tertiary/aromatic N) is 1. The van der Waals surface area contributed by atoms with Gasteiger partial charge < -0.3 is 5.11 Å². The summed E-state index contributed by atoms with van der Waals surface area (Å²) in [7, 11) is -3.40. The standard InChI is InChI=1S/C11H17NO3S3/c1-8-4-12(5-9(2)17-8)18(14,15)11-3-10(6-13)16-7-11/h3,7-9,13H,4-6H2,1-2H3. The molecule has 0 aliphatic carbocycles. The van der Waals surface area contributed by atoms with E-state index in [1.54, 1.807) is 15.8 Å². The summed E-state index contributed by atoms with van der Waals surface area (Å²) in [6.45, 7) is 5.11. The summed E-state index contributed by atoms with van der Waals surface area (Å²) in [5.41, 5.74) is 0. The Bertz CT molecular complexity index is 501. The fourth-order valence-electron chi connectivity index (χ4n) is 2.05. The van der Waals surface area contributed by atoms with Crippen molar-refractivity contribution in [1.82, 2.24) is 4.31 Å². The predicted molar refractivity (Wildman–Crippen MR) is 75.5 cm³/mol. The zero-order valence-corrected chi connectivity index (χ0v) is 12.8. The highest BCUT2D eigenvalue weighted by Crippen LogP contribution is 2.30. The minimum atomic E-state index is -3.40. The maximum absolute atomic E-state index is 12.4. The summed E-state index contributed by atoms with van der Waals surface area (Å²) in [5, 5.41) is 11.3. The van der Waals surface area contributed by atoms with E-state index in [-0.39, 0.29) is 6.61 Å². The lowest BCUT2D eigenvalue weighted by molar-refractivity contribution is 0.285. The summed E-state index contributed by atoms with van der Waals surface area (Å²) >= 11 is 3.10. The largest absolute Gasteiger partial charge is 0.391 e. The van der Waals surface area contributed by atoms with E-state index < -0.39 is 10.0 Å². The number of aliphatic hydroxyl groups is 1. The minimum absolute atomic E-state index is 0.108. The van der Waals surface area contributed by atoms with Crippen molar-refractivity contribution in [2.24, 2.45) is 0 Å². The van der Waals surface area contributed by atoms with Gasteiger partial charge in [0.2, 0.25) is 10.0 Å². The van der Waals surface area contributed by atoms with Gasteiger partial charge in [-0.05, 0) is 6.07 Å². The maximum atomic E-state index is 12.4. The molecule has 0 aromatic carbocycles. The molecule has 7 heteroatoms. The lowest BCUT2D eigenvalue weighted by Gasteiger charge is -2.33. The highest BCUT2D eigenvalue weighted by atomic mass is 32.2. The van der Waals surface area contributed by atoms with Gasteiger partial charge in [-0.15, -0.1) is 11.3 Å². The summed E-state index contributed by atoms with van der Waals surface area (Å²) < 4.78 is 26.5. The third-order valence-corrected chi connectivity index (χ3v) is 6.92. The monoisotopic (exact) mass is 307 g/mol. The number of hydrogen-bond donors (Lipinski definition) is 1. The smallest absolute Gasteiger partial charge is 0.243 e. The first kappa shape index (κ1) is 14.3. The number of sulfonamides is 1. The molecule has 0 bridgehead atoms. The van der Waals surface area contributed by atoms with Crippen LogP contribution in [0.5, 0.6) is 0 Å². The van der Waals surface area contributed by atoms with E-state index in [0.29, 0.717) is 33.4 Å². The van der Waals surface area contributed by atoms with Crippen molar-refractivity contribution in [3.63, 3.8) is 0 Å². The molecule has 102 valence electrons. The zero-order chi connectivity index (χ0) is 13.3. The van der Waals surface area contributed by atoms with Crippen molar-refractivity contribution in [2.75, 3.05) is 13.1 Å². The molecule has 2 unspecified atom stereocenters. The van der Waals surface area contributed by atoms with E-state index in [1.807, 2.05) is 11.8 Å². The van der Waals surface area contributed by atoms with E-state index in [1.165, 1.54) is 11.3 Å². The molecular weight excluding hydrogens is 290 g/mol. The van der Waals surface area contributed by atoms with Crippen molar-refractivity contribution in [3.05, 3.63) is 16.3 Å². The minimum Gasteiger partial charge on any atom is -0.391 e. The molecule has 0 saturated carbocycles. The highest BCUT2D eigenvalue weighted by Gasteiger charge is 2.32. The van der Waals surface area contributed by atoms with E-state index in [2.05, 4.69) is 13.8 Å². The SMILES string of the molecule is CC1CN(S(=O)(=O)c2csc(CO)c2)CC(C)S1. The van der Waals surface area contributed by atoms with Crippen molar-refractivity contribution in [2.45, 2.75) is 35.8 Å². The third-order valence-electron chi connectivity index (χ3n) is 2.81. The van der Waals surface area contributed by atoms with Crippen molar-refractivity contribution in [3.8, 4) is 0 Å². The molecule has 1 N–H and O–H groups in total. The maximum Gasteiger partial charge on any atom is 0.243 e. The predicted octanol–water partition coefficient (Wildman–Crippen LogP) is 1.75. The second-order valence-electron chi connectivity index (χ2n) is 4.49. The van der Waals surface area contributed by atoms with E-state index in [4.69, 9.17) is 5.11 Å². The Hall–Kier alpha value is -0.0800. The van der Waals surface area contributed by atoms with Gasteiger partial charge in [0, 0.05) is 33.8 Å². The van der Waals surface area contributed by atoms with Crippen LogP contribution >= 0.6 is 23.1 Å². The van der Waals surface area contributed by atoms with Gasteiger partial charge in [0.25, 0.3) is 0 Å². The van der Waals surface area contributed by atoms with Crippen molar-refractivity contribution >= 4 is 33.1 Å². The highest BCUT2D eigenvalue weighted by molar-refractivity contribution is 8.00. The molecule has 0 spiro atoms. The Balaban J connectivity index is 2.25. The van der Waals surface area contributed by atoms with Crippen LogP contribution in [0.15, 0.2) is 16.3 Å². The fraction of sp³-hybridized carbons (Fsp3) is 0.636. The number of rotatable bonds is 3. The van der Waals surface area contributed by atoms with Gasteiger partial charge in [0.15, 0.2) is 0 Å². The van der Waals surface area contributed by atoms with Gasteiger partial charge in [-0.2, -0.15) is 16.1 Å². The van der Waals surface area contributed by atoms with Crippen LogP contribution in [-0.4, -0.2) is 41.4 Å². The summed E-state index contributed by atoms with van der Waals surface area (Å²) in [5.74, 6) is 0. The van der Waals surface area contributed by atoms with Crippen LogP contribution in [0.4, 0.5) is 0 Å².